The molecule has 1 atom stereocenters. The van der Waals surface area contributed by atoms with Crippen molar-refractivity contribution in [1.29, 1.82) is 0 Å². The largest absolute Gasteiger partial charge is 0.464 e. The van der Waals surface area contributed by atoms with Crippen LogP contribution >= 0.6 is 0 Å². The zero-order valence-corrected chi connectivity index (χ0v) is 12.7. The lowest BCUT2D eigenvalue weighted by atomic mass is 10.1. The predicted octanol–water partition coefficient (Wildman–Crippen LogP) is 1.52. The second-order valence-corrected chi connectivity index (χ2v) is 4.80. The SMILES string of the molecule is CCCNc1nc(NC(CO)C(C)C)nc(OCC)n1. The zero-order valence-electron chi connectivity index (χ0n) is 12.7. The standard InChI is InChI=1S/C13H25N5O2/c1-5-7-14-11-16-12(15-10(8-19)9(3)4)18-13(17-11)20-6-2/h9-10,19H,5-8H2,1-4H3,(H2,14,15,16,17,18). The summed E-state index contributed by atoms with van der Waals surface area (Å²) < 4.78 is 5.34. The van der Waals surface area contributed by atoms with E-state index in [1.54, 1.807) is 0 Å². The van der Waals surface area contributed by atoms with Gasteiger partial charge in [-0.15, -0.1) is 0 Å². The molecule has 1 aromatic heterocycles. The topological polar surface area (TPSA) is 92.2 Å². The summed E-state index contributed by atoms with van der Waals surface area (Å²) in [6.45, 7) is 9.28. The van der Waals surface area contributed by atoms with Gasteiger partial charge in [0.05, 0.1) is 19.3 Å². The lowest BCUT2D eigenvalue weighted by molar-refractivity contribution is 0.248. The summed E-state index contributed by atoms with van der Waals surface area (Å²) in [5.41, 5.74) is 0. The summed E-state index contributed by atoms with van der Waals surface area (Å²) in [6, 6.07) is 0.176. The number of aromatic nitrogens is 3. The maximum absolute atomic E-state index is 9.36. The van der Waals surface area contributed by atoms with Gasteiger partial charge in [-0.1, -0.05) is 20.8 Å². The molecule has 3 N–H and O–H groups in total. The van der Waals surface area contributed by atoms with Crippen molar-refractivity contribution in [1.82, 2.24) is 15.0 Å². The summed E-state index contributed by atoms with van der Waals surface area (Å²) in [5.74, 6) is 1.16. The Labute approximate surface area is 120 Å². The third-order valence-corrected chi connectivity index (χ3v) is 2.74. The third-order valence-electron chi connectivity index (χ3n) is 2.74. The van der Waals surface area contributed by atoms with E-state index in [9.17, 15) is 5.11 Å². The van der Waals surface area contributed by atoms with Crippen LogP contribution in [-0.4, -0.2) is 45.9 Å². The van der Waals surface area contributed by atoms with Crippen molar-refractivity contribution in [3.8, 4) is 6.01 Å². The highest BCUT2D eigenvalue weighted by atomic mass is 16.5. The highest BCUT2D eigenvalue weighted by molar-refractivity contribution is 5.36. The molecular weight excluding hydrogens is 258 g/mol. The van der Waals surface area contributed by atoms with Gasteiger partial charge in [0, 0.05) is 6.54 Å². The molecule has 0 aliphatic rings. The van der Waals surface area contributed by atoms with E-state index in [0.717, 1.165) is 13.0 Å². The van der Waals surface area contributed by atoms with Crippen LogP contribution in [0.4, 0.5) is 11.9 Å². The van der Waals surface area contributed by atoms with Gasteiger partial charge in [0.15, 0.2) is 0 Å². The minimum Gasteiger partial charge on any atom is -0.464 e. The van der Waals surface area contributed by atoms with Gasteiger partial charge in [0.25, 0.3) is 0 Å². The first-order valence-electron chi connectivity index (χ1n) is 7.10. The van der Waals surface area contributed by atoms with Crippen molar-refractivity contribution >= 4 is 11.9 Å². The molecule has 20 heavy (non-hydrogen) atoms. The molecule has 0 aliphatic heterocycles. The number of rotatable bonds is 9. The van der Waals surface area contributed by atoms with Gasteiger partial charge in [-0.25, -0.2) is 0 Å². The van der Waals surface area contributed by atoms with Gasteiger partial charge >= 0.3 is 6.01 Å². The molecule has 1 rings (SSSR count). The molecule has 1 heterocycles. The van der Waals surface area contributed by atoms with Crippen molar-refractivity contribution in [3.05, 3.63) is 0 Å². The lowest BCUT2D eigenvalue weighted by Crippen LogP contribution is -2.30. The van der Waals surface area contributed by atoms with E-state index < -0.39 is 0 Å². The minimum absolute atomic E-state index is 0.0189. The second-order valence-electron chi connectivity index (χ2n) is 4.80. The number of ether oxygens (including phenoxy) is 1. The second kappa shape index (κ2) is 8.52. The Balaban J connectivity index is 2.89. The van der Waals surface area contributed by atoms with Crippen LogP contribution in [0.15, 0.2) is 0 Å². The van der Waals surface area contributed by atoms with Gasteiger partial charge < -0.3 is 20.5 Å². The molecular formula is C13H25N5O2. The van der Waals surface area contributed by atoms with Crippen LogP contribution in [0.1, 0.15) is 34.1 Å². The van der Waals surface area contributed by atoms with E-state index in [2.05, 4.69) is 32.5 Å². The molecule has 0 fully saturated rings. The van der Waals surface area contributed by atoms with Crippen molar-refractivity contribution in [3.63, 3.8) is 0 Å². The predicted molar refractivity (Wildman–Crippen MR) is 79.1 cm³/mol. The normalized spacial score (nSPS) is 12.3. The molecule has 114 valence electrons. The van der Waals surface area contributed by atoms with Crippen LogP contribution < -0.4 is 15.4 Å². The van der Waals surface area contributed by atoms with Crippen LogP contribution in [0.3, 0.4) is 0 Å². The summed E-state index contributed by atoms with van der Waals surface area (Å²) in [5, 5.41) is 15.6. The Morgan fingerprint density at radius 2 is 1.85 bits per heavy atom. The number of aliphatic hydroxyl groups is 1. The fraction of sp³-hybridized carbons (Fsp3) is 0.769. The Morgan fingerprint density at radius 3 is 2.40 bits per heavy atom. The van der Waals surface area contributed by atoms with Gasteiger partial charge in [0.2, 0.25) is 11.9 Å². The smallest absolute Gasteiger partial charge is 0.323 e. The van der Waals surface area contributed by atoms with Crippen LogP contribution in [0.2, 0.25) is 0 Å². The average molecular weight is 283 g/mol. The van der Waals surface area contributed by atoms with Crippen LogP contribution in [0.25, 0.3) is 0 Å². The average Bonchev–Trinajstić information content (AvgIpc) is 2.42. The molecule has 0 saturated carbocycles. The molecule has 7 heteroatoms. The molecule has 0 aliphatic carbocycles. The fourth-order valence-electron chi connectivity index (χ4n) is 1.52. The first kappa shape index (κ1) is 16.4. The number of nitrogens with one attached hydrogen (secondary N) is 2. The first-order chi connectivity index (χ1) is 9.60. The molecule has 0 saturated heterocycles. The number of nitrogens with zero attached hydrogens (tertiary/aromatic N) is 3. The van der Waals surface area contributed by atoms with E-state index in [-0.39, 0.29) is 24.6 Å². The van der Waals surface area contributed by atoms with E-state index in [4.69, 9.17) is 4.74 Å². The molecule has 0 radical (unpaired) electrons. The van der Waals surface area contributed by atoms with Crippen molar-refractivity contribution in [2.75, 3.05) is 30.4 Å². The number of aliphatic hydroxyl groups excluding tert-OH is 1. The van der Waals surface area contributed by atoms with Crippen molar-refractivity contribution in [2.45, 2.75) is 40.2 Å². The summed E-state index contributed by atoms with van der Waals surface area (Å²) >= 11 is 0. The summed E-state index contributed by atoms with van der Waals surface area (Å²) in [4.78, 5) is 12.7. The number of anilines is 2. The minimum atomic E-state index is -0.106. The van der Waals surface area contributed by atoms with Gasteiger partial charge in [-0.3, -0.25) is 0 Å². The zero-order chi connectivity index (χ0) is 15.0. The van der Waals surface area contributed by atoms with Crippen LogP contribution in [0, 0.1) is 5.92 Å². The van der Waals surface area contributed by atoms with Crippen LogP contribution in [-0.2, 0) is 0 Å². The van der Waals surface area contributed by atoms with E-state index in [1.807, 2.05) is 20.8 Å². The highest BCUT2D eigenvalue weighted by Crippen LogP contribution is 2.14. The molecule has 0 amide bonds. The summed E-state index contributed by atoms with van der Waals surface area (Å²) in [6.07, 6.45) is 0.976. The molecule has 7 nitrogen and oxygen atoms in total. The number of hydrogen-bond donors (Lipinski definition) is 3. The lowest BCUT2D eigenvalue weighted by Gasteiger charge is -2.20. The van der Waals surface area contributed by atoms with Gasteiger partial charge in [-0.2, -0.15) is 15.0 Å². The van der Waals surface area contributed by atoms with E-state index in [1.165, 1.54) is 0 Å². The Kier molecular flexibility index (Phi) is 7.00. The molecule has 1 unspecified atom stereocenters. The highest BCUT2D eigenvalue weighted by Gasteiger charge is 2.15. The van der Waals surface area contributed by atoms with E-state index >= 15 is 0 Å². The Hall–Kier alpha value is -1.63. The number of hydrogen-bond acceptors (Lipinski definition) is 7. The molecule has 0 spiro atoms. The molecule has 0 bridgehead atoms. The third kappa shape index (κ3) is 5.16. The summed E-state index contributed by atoms with van der Waals surface area (Å²) in [7, 11) is 0. The van der Waals surface area contributed by atoms with Gasteiger partial charge in [0.1, 0.15) is 0 Å². The van der Waals surface area contributed by atoms with Crippen molar-refractivity contribution in [2.24, 2.45) is 5.92 Å². The van der Waals surface area contributed by atoms with Crippen LogP contribution in [0.5, 0.6) is 6.01 Å². The maximum atomic E-state index is 9.36. The first-order valence-corrected chi connectivity index (χ1v) is 7.10. The molecule has 1 aromatic rings. The Bertz CT molecular complexity index is 400. The maximum Gasteiger partial charge on any atom is 0.323 e. The van der Waals surface area contributed by atoms with E-state index in [0.29, 0.717) is 18.5 Å². The quantitative estimate of drug-likeness (QED) is 0.632. The monoisotopic (exact) mass is 283 g/mol. The van der Waals surface area contributed by atoms with Crippen molar-refractivity contribution < 1.29 is 9.84 Å². The fourth-order valence-corrected chi connectivity index (χ4v) is 1.52. The molecule has 0 aromatic carbocycles. The Morgan fingerprint density at radius 1 is 1.15 bits per heavy atom. The van der Waals surface area contributed by atoms with Gasteiger partial charge in [-0.05, 0) is 19.3 Å².